The number of phenols is 1. The molecule has 2 rings (SSSR count). The monoisotopic (exact) mass is 294 g/mol. The average molecular weight is 294 g/mol. The van der Waals surface area contributed by atoms with Crippen molar-refractivity contribution in [3.63, 3.8) is 0 Å². The Bertz CT molecular complexity index is 784. The second-order valence-corrected chi connectivity index (χ2v) is 6.06. The summed E-state index contributed by atoms with van der Waals surface area (Å²) in [6.07, 6.45) is 1.05. The molecule has 7 heteroatoms. The summed E-state index contributed by atoms with van der Waals surface area (Å²) in [5.74, 6) is -0.593. The molecule has 0 aliphatic heterocycles. The molecule has 20 heavy (non-hydrogen) atoms. The van der Waals surface area contributed by atoms with Crippen LogP contribution in [0.4, 0.5) is 5.69 Å². The van der Waals surface area contributed by atoms with Crippen molar-refractivity contribution in [1.82, 2.24) is 5.32 Å². The molecule has 0 saturated heterocycles. The molecule has 0 atom stereocenters. The van der Waals surface area contributed by atoms with Crippen molar-refractivity contribution in [2.45, 2.75) is 0 Å². The number of fused-ring (bicyclic) bond motifs is 1. The zero-order valence-electron chi connectivity index (χ0n) is 11.0. The molecule has 106 valence electrons. The van der Waals surface area contributed by atoms with E-state index in [0.717, 1.165) is 6.26 Å². The van der Waals surface area contributed by atoms with Crippen molar-refractivity contribution >= 4 is 32.4 Å². The van der Waals surface area contributed by atoms with Gasteiger partial charge in [-0.2, -0.15) is 0 Å². The van der Waals surface area contributed by atoms with Gasteiger partial charge in [-0.05, 0) is 12.1 Å². The first kappa shape index (κ1) is 14.1. The van der Waals surface area contributed by atoms with Gasteiger partial charge in [0.25, 0.3) is 5.91 Å². The van der Waals surface area contributed by atoms with E-state index in [0.29, 0.717) is 16.5 Å². The fourth-order valence-corrected chi connectivity index (χ4v) is 2.53. The van der Waals surface area contributed by atoms with Crippen LogP contribution in [0.3, 0.4) is 0 Å². The Kier molecular flexibility index (Phi) is 3.54. The lowest BCUT2D eigenvalue weighted by Crippen LogP contribution is -2.17. The lowest BCUT2D eigenvalue weighted by atomic mass is 10.0. The van der Waals surface area contributed by atoms with Crippen molar-refractivity contribution in [2.75, 3.05) is 18.0 Å². The summed E-state index contributed by atoms with van der Waals surface area (Å²) in [5.41, 5.74) is 0.486. The molecule has 0 unspecified atom stereocenters. The summed E-state index contributed by atoms with van der Waals surface area (Å²) in [5, 5.41) is 13.5. The number of hydrogen-bond donors (Lipinski definition) is 3. The molecule has 3 N–H and O–H groups in total. The molecular weight excluding hydrogens is 280 g/mol. The maximum Gasteiger partial charge on any atom is 0.254 e. The molecule has 2 aromatic rings. The van der Waals surface area contributed by atoms with E-state index in [-0.39, 0.29) is 11.3 Å². The predicted molar refractivity (Wildman–Crippen MR) is 77.5 cm³/mol. The Balaban J connectivity index is 2.67. The van der Waals surface area contributed by atoms with Gasteiger partial charge in [-0.15, -0.1) is 0 Å². The highest BCUT2D eigenvalue weighted by Gasteiger charge is 2.14. The average Bonchev–Trinajstić information content (AvgIpc) is 2.37. The van der Waals surface area contributed by atoms with E-state index in [4.69, 9.17) is 0 Å². The quantitative estimate of drug-likeness (QED) is 0.794. The Hall–Kier alpha value is -2.28. The van der Waals surface area contributed by atoms with Gasteiger partial charge >= 0.3 is 0 Å². The van der Waals surface area contributed by atoms with Gasteiger partial charge in [0.2, 0.25) is 10.0 Å². The van der Waals surface area contributed by atoms with Crippen LogP contribution in [0.25, 0.3) is 10.8 Å². The highest BCUT2D eigenvalue weighted by Crippen LogP contribution is 2.33. The second-order valence-electron chi connectivity index (χ2n) is 4.32. The summed E-state index contributed by atoms with van der Waals surface area (Å²) < 4.78 is 25.0. The molecule has 0 aliphatic rings. The molecule has 0 saturated carbocycles. The zero-order valence-corrected chi connectivity index (χ0v) is 11.8. The van der Waals surface area contributed by atoms with Crippen LogP contribution in [0.5, 0.6) is 5.75 Å². The number of amides is 1. The summed E-state index contributed by atoms with van der Waals surface area (Å²) in [6, 6.07) is 7.84. The molecule has 0 bridgehead atoms. The van der Waals surface area contributed by atoms with E-state index in [1.807, 2.05) is 0 Å². The molecule has 0 aromatic heterocycles. The highest BCUT2D eigenvalue weighted by molar-refractivity contribution is 7.92. The van der Waals surface area contributed by atoms with Crippen molar-refractivity contribution in [1.29, 1.82) is 0 Å². The Morgan fingerprint density at radius 1 is 1.15 bits per heavy atom. The number of hydrogen-bond acceptors (Lipinski definition) is 4. The lowest BCUT2D eigenvalue weighted by molar-refractivity contribution is 0.0960. The van der Waals surface area contributed by atoms with Crippen LogP contribution in [0, 0.1) is 0 Å². The first-order valence-corrected chi connectivity index (χ1v) is 7.67. The fourth-order valence-electron chi connectivity index (χ4n) is 1.95. The standard InChI is InChI=1S/C13H14N2O4S/c1-14-13(17)10-7-6-8-9(12(10)16)4-3-5-11(8)15-20(2,18)19/h3-7,15-16H,1-2H3,(H,14,17). The van der Waals surface area contributed by atoms with Crippen molar-refractivity contribution in [2.24, 2.45) is 0 Å². The fraction of sp³-hybridized carbons (Fsp3) is 0.154. The van der Waals surface area contributed by atoms with Gasteiger partial charge in [-0.25, -0.2) is 8.42 Å². The van der Waals surface area contributed by atoms with Crippen LogP contribution in [0.1, 0.15) is 10.4 Å². The number of aromatic hydroxyl groups is 1. The predicted octanol–water partition coefficient (Wildman–Crippen LogP) is 1.28. The largest absolute Gasteiger partial charge is 0.506 e. The van der Waals surface area contributed by atoms with Crippen LogP contribution >= 0.6 is 0 Å². The third-order valence-electron chi connectivity index (χ3n) is 2.80. The number of carbonyl (C=O) groups excluding carboxylic acids is 1. The van der Waals surface area contributed by atoms with Gasteiger partial charge in [0.15, 0.2) is 0 Å². The Morgan fingerprint density at radius 3 is 2.45 bits per heavy atom. The Labute approximate surface area is 116 Å². The van der Waals surface area contributed by atoms with Gasteiger partial charge in [-0.1, -0.05) is 18.2 Å². The van der Waals surface area contributed by atoms with E-state index in [9.17, 15) is 18.3 Å². The number of carbonyl (C=O) groups is 1. The molecule has 0 radical (unpaired) electrons. The molecular formula is C13H14N2O4S. The molecule has 0 spiro atoms. The topological polar surface area (TPSA) is 95.5 Å². The molecule has 0 heterocycles. The van der Waals surface area contributed by atoms with Crippen molar-refractivity contribution in [3.8, 4) is 5.75 Å². The number of benzene rings is 2. The third-order valence-corrected chi connectivity index (χ3v) is 3.39. The third kappa shape index (κ3) is 2.67. The summed E-state index contributed by atoms with van der Waals surface area (Å²) in [6.45, 7) is 0. The van der Waals surface area contributed by atoms with Crippen LogP contribution in [-0.4, -0.2) is 32.7 Å². The normalized spacial score (nSPS) is 11.3. The van der Waals surface area contributed by atoms with E-state index in [1.54, 1.807) is 24.3 Å². The van der Waals surface area contributed by atoms with Gasteiger partial charge in [0.05, 0.1) is 17.5 Å². The number of anilines is 1. The van der Waals surface area contributed by atoms with E-state index < -0.39 is 15.9 Å². The minimum Gasteiger partial charge on any atom is -0.506 e. The summed E-state index contributed by atoms with van der Waals surface area (Å²) >= 11 is 0. The maximum atomic E-state index is 11.6. The summed E-state index contributed by atoms with van der Waals surface area (Å²) in [4.78, 5) is 11.6. The maximum absolute atomic E-state index is 11.6. The Morgan fingerprint density at radius 2 is 1.85 bits per heavy atom. The SMILES string of the molecule is CNC(=O)c1ccc2c(NS(C)(=O)=O)cccc2c1O. The second kappa shape index (κ2) is 5.01. The van der Waals surface area contributed by atoms with Gasteiger partial charge in [-0.3, -0.25) is 9.52 Å². The van der Waals surface area contributed by atoms with Gasteiger partial charge in [0.1, 0.15) is 5.75 Å². The first-order chi connectivity index (χ1) is 9.33. The summed E-state index contributed by atoms with van der Waals surface area (Å²) in [7, 11) is -1.96. The van der Waals surface area contributed by atoms with Crippen LogP contribution < -0.4 is 10.0 Å². The molecule has 0 aliphatic carbocycles. The van der Waals surface area contributed by atoms with Crippen LogP contribution in [-0.2, 0) is 10.0 Å². The highest BCUT2D eigenvalue weighted by atomic mass is 32.2. The number of phenolic OH excluding ortho intramolecular Hbond substituents is 1. The molecule has 6 nitrogen and oxygen atoms in total. The van der Waals surface area contributed by atoms with E-state index in [1.165, 1.54) is 13.1 Å². The smallest absolute Gasteiger partial charge is 0.254 e. The minimum absolute atomic E-state index is 0.136. The van der Waals surface area contributed by atoms with E-state index in [2.05, 4.69) is 10.0 Å². The van der Waals surface area contributed by atoms with Gasteiger partial charge in [0, 0.05) is 17.8 Å². The van der Waals surface area contributed by atoms with Crippen molar-refractivity contribution in [3.05, 3.63) is 35.9 Å². The number of nitrogens with one attached hydrogen (secondary N) is 2. The zero-order chi connectivity index (χ0) is 14.9. The molecule has 2 aromatic carbocycles. The lowest BCUT2D eigenvalue weighted by Gasteiger charge is -2.11. The van der Waals surface area contributed by atoms with Crippen LogP contribution in [0.2, 0.25) is 0 Å². The number of rotatable bonds is 3. The van der Waals surface area contributed by atoms with Crippen molar-refractivity contribution < 1.29 is 18.3 Å². The minimum atomic E-state index is -3.42. The number of sulfonamides is 1. The first-order valence-electron chi connectivity index (χ1n) is 5.78. The van der Waals surface area contributed by atoms with Gasteiger partial charge < -0.3 is 10.4 Å². The van der Waals surface area contributed by atoms with Crippen LogP contribution in [0.15, 0.2) is 30.3 Å². The molecule has 0 fully saturated rings. The van der Waals surface area contributed by atoms with E-state index >= 15 is 0 Å². The molecule has 1 amide bonds.